The Morgan fingerprint density at radius 2 is 2.23 bits per heavy atom. The van der Waals surface area contributed by atoms with Crippen molar-refractivity contribution in [2.45, 2.75) is 39.7 Å². The molecule has 1 aliphatic rings. The van der Waals surface area contributed by atoms with Crippen LogP contribution in [-0.2, 0) is 4.79 Å². The lowest BCUT2D eigenvalue weighted by molar-refractivity contribution is -0.123. The van der Waals surface area contributed by atoms with Crippen LogP contribution in [0.2, 0.25) is 0 Å². The van der Waals surface area contributed by atoms with Gasteiger partial charge in [0.1, 0.15) is 0 Å². The molecule has 0 spiro atoms. The van der Waals surface area contributed by atoms with E-state index in [2.05, 4.69) is 19.2 Å². The van der Waals surface area contributed by atoms with Gasteiger partial charge in [0, 0.05) is 12.5 Å². The Morgan fingerprint density at radius 3 is 2.62 bits per heavy atom. The van der Waals surface area contributed by atoms with Crippen LogP contribution in [0.4, 0.5) is 0 Å². The molecule has 0 heterocycles. The molecule has 0 bridgehead atoms. The summed E-state index contributed by atoms with van der Waals surface area (Å²) in [7, 11) is 0. The van der Waals surface area contributed by atoms with Gasteiger partial charge in [-0.05, 0) is 25.2 Å². The maximum atomic E-state index is 11.4. The number of aliphatic hydroxyl groups is 1. The van der Waals surface area contributed by atoms with E-state index >= 15 is 0 Å². The number of amides is 1. The van der Waals surface area contributed by atoms with Crippen LogP contribution in [0.15, 0.2) is 0 Å². The van der Waals surface area contributed by atoms with Gasteiger partial charge < -0.3 is 10.4 Å². The van der Waals surface area contributed by atoms with Gasteiger partial charge in [0.15, 0.2) is 0 Å². The maximum Gasteiger partial charge on any atom is 0.223 e. The monoisotopic (exact) mass is 185 g/mol. The van der Waals surface area contributed by atoms with Gasteiger partial charge in [-0.2, -0.15) is 0 Å². The molecule has 2 unspecified atom stereocenters. The number of hydrogen-bond acceptors (Lipinski definition) is 2. The van der Waals surface area contributed by atoms with E-state index in [0.29, 0.717) is 13.0 Å². The van der Waals surface area contributed by atoms with Gasteiger partial charge in [-0.1, -0.05) is 13.8 Å². The van der Waals surface area contributed by atoms with E-state index in [4.69, 9.17) is 5.11 Å². The predicted octanol–water partition coefficient (Wildman–Crippen LogP) is 0.920. The van der Waals surface area contributed by atoms with Crippen molar-refractivity contribution in [2.75, 3.05) is 6.54 Å². The van der Waals surface area contributed by atoms with Crippen molar-refractivity contribution in [3.63, 3.8) is 0 Å². The molecule has 0 aromatic carbocycles. The van der Waals surface area contributed by atoms with E-state index in [-0.39, 0.29) is 23.3 Å². The highest BCUT2D eigenvalue weighted by Crippen LogP contribution is 2.51. The molecule has 1 amide bonds. The summed E-state index contributed by atoms with van der Waals surface area (Å²) < 4.78 is 0. The lowest BCUT2D eigenvalue weighted by Crippen LogP contribution is -2.29. The van der Waals surface area contributed by atoms with E-state index < -0.39 is 0 Å². The van der Waals surface area contributed by atoms with E-state index in [1.54, 1.807) is 6.92 Å². The molecule has 2 N–H and O–H groups in total. The van der Waals surface area contributed by atoms with E-state index in [1.807, 2.05) is 0 Å². The molecule has 3 heteroatoms. The Bertz CT molecular complexity index is 199. The summed E-state index contributed by atoms with van der Waals surface area (Å²) in [4.78, 5) is 11.4. The van der Waals surface area contributed by atoms with Gasteiger partial charge >= 0.3 is 0 Å². The van der Waals surface area contributed by atoms with Gasteiger partial charge in [-0.3, -0.25) is 4.79 Å². The maximum absolute atomic E-state index is 11.4. The molecule has 1 saturated carbocycles. The van der Waals surface area contributed by atoms with Crippen LogP contribution in [-0.4, -0.2) is 23.7 Å². The SMILES string of the molecule is CC(O)CCNC(=O)C1CC1(C)C. The summed E-state index contributed by atoms with van der Waals surface area (Å²) in [5.41, 5.74) is 0.203. The summed E-state index contributed by atoms with van der Waals surface area (Å²) in [6.07, 6.45) is 1.30. The van der Waals surface area contributed by atoms with E-state index in [9.17, 15) is 4.79 Å². The van der Waals surface area contributed by atoms with Crippen molar-refractivity contribution < 1.29 is 9.90 Å². The van der Waals surface area contributed by atoms with Crippen molar-refractivity contribution in [2.24, 2.45) is 11.3 Å². The number of hydrogen-bond donors (Lipinski definition) is 2. The fourth-order valence-corrected chi connectivity index (χ4v) is 1.44. The standard InChI is InChI=1S/C10H19NO2/c1-7(12)4-5-11-9(13)8-6-10(8,2)3/h7-8,12H,4-6H2,1-3H3,(H,11,13). The van der Waals surface area contributed by atoms with Crippen LogP contribution in [0.1, 0.15) is 33.6 Å². The zero-order valence-electron chi connectivity index (χ0n) is 8.63. The third kappa shape index (κ3) is 2.99. The molecule has 13 heavy (non-hydrogen) atoms. The summed E-state index contributed by atoms with van der Waals surface area (Å²) in [5.74, 6) is 0.340. The number of aliphatic hydroxyl groups excluding tert-OH is 1. The van der Waals surface area contributed by atoms with Gasteiger partial charge in [0.2, 0.25) is 5.91 Å². The molecule has 76 valence electrons. The zero-order valence-corrected chi connectivity index (χ0v) is 8.63. The van der Waals surface area contributed by atoms with Crippen LogP contribution in [0.3, 0.4) is 0 Å². The van der Waals surface area contributed by atoms with Gasteiger partial charge in [0.25, 0.3) is 0 Å². The van der Waals surface area contributed by atoms with Crippen molar-refractivity contribution in [1.29, 1.82) is 0 Å². The third-order valence-electron chi connectivity index (χ3n) is 2.69. The van der Waals surface area contributed by atoms with Crippen LogP contribution in [0.5, 0.6) is 0 Å². The first-order valence-electron chi connectivity index (χ1n) is 4.89. The first-order chi connectivity index (χ1) is 5.93. The highest BCUT2D eigenvalue weighted by Gasteiger charge is 2.50. The van der Waals surface area contributed by atoms with Crippen molar-refractivity contribution >= 4 is 5.91 Å². The van der Waals surface area contributed by atoms with Crippen LogP contribution in [0.25, 0.3) is 0 Å². The second-order valence-electron chi connectivity index (χ2n) is 4.67. The van der Waals surface area contributed by atoms with Gasteiger partial charge in [-0.15, -0.1) is 0 Å². The molecule has 1 fully saturated rings. The van der Waals surface area contributed by atoms with Gasteiger partial charge in [-0.25, -0.2) is 0 Å². The lowest BCUT2D eigenvalue weighted by Gasteiger charge is -2.07. The number of nitrogens with one attached hydrogen (secondary N) is 1. The lowest BCUT2D eigenvalue weighted by atomic mass is 10.1. The second kappa shape index (κ2) is 3.66. The molecule has 3 nitrogen and oxygen atoms in total. The minimum atomic E-state index is -0.326. The zero-order chi connectivity index (χ0) is 10.1. The quantitative estimate of drug-likeness (QED) is 0.684. The number of carbonyl (C=O) groups is 1. The van der Waals surface area contributed by atoms with Gasteiger partial charge in [0.05, 0.1) is 6.10 Å². The average Bonchev–Trinajstić information content (AvgIpc) is 2.59. The Morgan fingerprint density at radius 1 is 1.69 bits per heavy atom. The largest absolute Gasteiger partial charge is 0.393 e. The van der Waals surface area contributed by atoms with E-state index in [0.717, 1.165) is 6.42 Å². The highest BCUT2D eigenvalue weighted by molar-refractivity contribution is 5.82. The summed E-state index contributed by atoms with van der Waals surface area (Å²) in [6.45, 7) is 6.52. The highest BCUT2D eigenvalue weighted by atomic mass is 16.3. The van der Waals surface area contributed by atoms with Crippen LogP contribution >= 0.6 is 0 Å². The Kier molecular flexibility index (Phi) is 2.96. The molecule has 0 radical (unpaired) electrons. The predicted molar refractivity (Wildman–Crippen MR) is 51.2 cm³/mol. The van der Waals surface area contributed by atoms with E-state index in [1.165, 1.54) is 0 Å². The molecular weight excluding hydrogens is 166 g/mol. The Labute approximate surface area is 79.5 Å². The Hall–Kier alpha value is -0.570. The minimum Gasteiger partial charge on any atom is -0.393 e. The Balaban J connectivity index is 2.13. The molecule has 2 atom stereocenters. The molecule has 0 aromatic heterocycles. The molecule has 0 aromatic rings. The molecule has 0 aliphatic heterocycles. The first kappa shape index (κ1) is 10.5. The smallest absolute Gasteiger partial charge is 0.223 e. The average molecular weight is 185 g/mol. The van der Waals surface area contributed by atoms with Crippen LogP contribution in [0, 0.1) is 11.3 Å². The van der Waals surface area contributed by atoms with Crippen molar-refractivity contribution in [3.05, 3.63) is 0 Å². The summed E-state index contributed by atoms with van der Waals surface area (Å²) >= 11 is 0. The first-order valence-corrected chi connectivity index (χ1v) is 4.89. The fourth-order valence-electron chi connectivity index (χ4n) is 1.44. The summed E-state index contributed by atoms with van der Waals surface area (Å²) in [5, 5.41) is 11.8. The topological polar surface area (TPSA) is 49.3 Å². The van der Waals surface area contributed by atoms with Crippen molar-refractivity contribution in [3.8, 4) is 0 Å². The molecule has 0 saturated heterocycles. The number of rotatable bonds is 4. The summed E-state index contributed by atoms with van der Waals surface area (Å²) in [6, 6.07) is 0. The number of carbonyl (C=O) groups excluding carboxylic acids is 1. The molecule has 1 aliphatic carbocycles. The second-order valence-corrected chi connectivity index (χ2v) is 4.67. The molecular formula is C10H19NO2. The minimum absolute atomic E-state index is 0.144. The normalized spacial score (nSPS) is 26.6. The molecule has 1 rings (SSSR count). The van der Waals surface area contributed by atoms with Crippen LogP contribution < -0.4 is 5.32 Å². The fraction of sp³-hybridized carbons (Fsp3) is 0.900. The third-order valence-corrected chi connectivity index (χ3v) is 2.69. The van der Waals surface area contributed by atoms with Crippen molar-refractivity contribution in [1.82, 2.24) is 5.32 Å².